The van der Waals surface area contributed by atoms with Crippen molar-refractivity contribution in [3.63, 3.8) is 0 Å². The molecule has 0 aliphatic carbocycles. The van der Waals surface area contributed by atoms with Gasteiger partial charge in [-0.1, -0.05) is 30.3 Å². The number of amides is 2. The molecule has 0 aliphatic heterocycles. The van der Waals surface area contributed by atoms with Gasteiger partial charge in [-0.15, -0.1) is 0 Å². The van der Waals surface area contributed by atoms with Gasteiger partial charge < -0.3 is 34.3 Å². The molecule has 0 heterocycles. The normalized spacial score (nSPS) is 12.2. The largest absolute Gasteiger partial charge is 0.444 e. The zero-order valence-corrected chi connectivity index (χ0v) is 19.2. The second-order valence-electron chi connectivity index (χ2n) is 7.89. The number of rotatable bonds is 14. The van der Waals surface area contributed by atoms with Crippen molar-refractivity contribution in [1.29, 1.82) is 0 Å². The quantitative estimate of drug-likeness (QED) is 0.316. The summed E-state index contributed by atoms with van der Waals surface area (Å²) in [7, 11) is 1.54. The molecule has 1 unspecified atom stereocenters. The van der Waals surface area contributed by atoms with Gasteiger partial charge in [-0.2, -0.15) is 0 Å². The molecular formula is C22H34N2O8. The van der Waals surface area contributed by atoms with Gasteiger partial charge >= 0.3 is 6.09 Å². The van der Waals surface area contributed by atoms with Gasteiger partial charge in [0.05, 0.1) is 19.8 Å². The van der Waals surface area contributed by atoms with Gasteiger partial charge in [0.25, 0.3) is 0 Å². The third-order valence-corrected chi connectivity index (χ3v) is 4.06. The maximum absolute atomic E-state index is 12.9. The molecule has 0 fully saturated rings. The molecule has 1 aromatic rings. The van der Waals surface area contributed by atoms with Crippen LogP contribution >= 0.6 is 0 Å². The summed E-state index contributed by atoms with van der Waals surface area (Å²) in [6.45, 7) is 4.40. The van der Waals surface area contributed by atoms with Gasteiger partial charge in [0, 0.05) is 13.7 Å². The zero-order chi connectivity index (χ0) is 24.0. The molecule has 180 valence electrons. The number of methoxy groups -OCH3 is 1. The number of aliphatic hydroxyl groups is 1. The van der Waals surface area contributed by atoms with Gasteiger partial charge in [-0.25, -0.2) is 4.79 Å². The molecule has 10 heteroatoms. The summed E-state index contributed by atoms with van der Waals surface area (Å²) < 4.78 is 20.3. The molecule has 0 radical (unpaired) electrons. The molecule has 32 heavy (non-hydrogen) atoms. The monoisotopic (exact) mass is 454 g/mol. The summed E-state index contributed by atoms with van der Waals surface area (Å²) in [6, 6.07) is 7.86. The number of nitrogens with one attached hydrogen (secondary N) is 1. The third-order valence-electron chi connectivity index (χ3n) is 4.06. The highest BCUT2D eigenvalue weighted by Gasteiger charge is 2.30. The summed E-state index contributed by atoms with van der Waals surface area (Å²) in [5.41, 5.74) is 0.0385. The summed E-state index contributed by atoms with van der Waals surface area (Å²) in [5, 5.41) is 12.3. The molecular weight excluding hydrogens is 420 g/mol. The highest BCUT2D eigenvalue weighted by molar-refractivity contribution is 5.91. The minimum absolute atomic E-state index is 0.0664. The Morgan fingerprint density at radius 3 is 2.38 bits per heavy atom. The van der Waals surface area contributed by atoms with Crippen LogP contribution in [0.3, 0.4) is 0 Å². The fraction of sp³-hybridized carbons (Fsp3) is 0.591. The number of ether oxygens (including phenoxy) is 4. The Labute approximate surface area is 188 Å². The van der Waals surface area contributed by atoms with Crippen LogP contribution in [0.25, 0.3) is 0 Å². The van der Waals surface area contributed by atoms with Crippen LogP contribution in [0.5, 0.6) is 0 Å². The lowest BCUT2D eigenvalue weighted by Gasteiger charge is -2.30. The molecule has 1 atom stereocenters. The molecule has 2 amide bonds. The van der Waals surface area contributed by atoms with Crippen LogP contribution in [0.15, 0.2) is 30.3 Å². The Balaban J connectivity index is 2.80. The van der Waals surface area contributed by atoms with E-state index in [-0.39, 0.29) is 19.9 Å². The van der Waals surface area contributed by atoms with Crippen molar-refractivity contribution in [1.82, 2.24) is 10.2 Å². The fourth-order valence-electron chi connectivity index (χ4n) is 2.59. The summed E-state index contributed by atoms with van der Waals surface area (Å²) >= 11 is 0. The number of carbonyl (C=O) groups is 3. The van der Waals surface area contributed by atoms with Crippen molar-refractivity contribution in [2.45, 2.75) is 39.0 Å². The maximum atomic E-state index is 12.9. The van der Waals surface area contributed by atoms with Crippen LogP contribution in [0.4, 0.5) is 4.79 Å². The van der Waals surface area contributed by atoms with Gasteiger partial charge in [0.2, 0.25) is 5.91 Å². The topological polar surface area (TPSA) is 124 Å². The first kappa shape index (κ1) is 27.5. The molecule has 0 saturated carbocycles. The SMILES string of the molecule is COCCOCOCC(=O)C(CO)N(Cc1ccccc1)C(=O)CNC(=O)OC(C)(C)C. The predicted molar refractivity (Wildman–Crippen MR) is 116 cm³/mol. The first-order valence-electron chi connectivity index (χ1n) is 10.3. The molecule has 1 rings (SSSR count). The van der Waals surface area contributed by atoms with Crippen molar-refractivity contribution in [3.05, 3.63) is 35.9 Å². The predicted octanol–water partition coefficient (Wildman–Crippen LogP) is 1.11. The average Bonchev–Trinajstić information content (AvgIpc) is 2.74. The molecule has 10 nitrogen and oxygen atoms in total. The van der Waals surface area contributed by atoms with Crippen LogP contribution in [0, 0.1) is 0 Å². The first-order valence-corrected chi connectivity index (χ1v) is 10.3. The van der Waals surface area contributed by atoms with Gasteiger partial charge in [-0.05, 0) is 26.3 Å². The van der Waals surface area contributed by atoms with Crippen molar-refractivity contribution in [3.8, 4) is 0 Å². The summed E-state index contributed by atoms with van der Waals surface area (Å²) in [6.07, 6.45) is -0.756. The van der Waals surface area contributed by atoms with Crippen molar-refractivity contribution in [2.75, 3.05) is 46.9 Å². The first-order chi connectivity index (χ1) is 15.2. The van der Waals surface area contributed by atoms with Crippen LogP contribution < -0.4 is 5.32 Å². The van der Waals surface area contributed by atoms with E-state index in [1.165, 1.54) is 12.0 Å². The van der Waals surface area contributed by atoms with Gasteiger partial charge in [0.1, 0.15) is 31.6 Å². The van der Waals surface area contributed by atoms with E-state index >= 15 is 0 Å². The third kappa shape index (κ3) is 11.2. The number of ketones is 1. The standard InChI is InChI=1S/C22H34N2O8/c1-22(2,3)32-21(28)23-12-20(27)24(13-17-8-6-5-7-9-17)18(14-25)19(26)15-31-16-30-11-10-29-4/h5-9,18,25H,10-16H2,1-4H3,(H,23,28). The number of hydrogen-bond acceptors (Lipinski definition) is 8. The van der Waals surface area contributed by atoms with Gasteiger partial charge in [-0.3, -0.25) is 9.59 Å². The Hall–Kier alpha value is -2.53. The Kier molecular flexibility index (Phi) is 12.5. The van der Waals surface area contributed by atoms with E-state index in [0.29, 0.717) is 13.2 Å². The summed E-state index contributed by atoms with van der Waals surface area (Å²) in [5.74, 6) is -1.05. The minimum Gasteiger partial charge on any atom is -0.444 e. The van der Waals surface area contributed by atoms with E-state index in [9.17, 15) is 19.5 Å². The highest BCUT2D eigenvalue weighted by Crippen LogP contribution is 2.11. The fourth-order valence-corrected chi connectivity index (χ4v) is 2.59. The number of alkyl carbamates (subject to hydrolysis) is 1. The van der Waals surface area contributed by atoms with E-state index < -0.39 is 42.6 Å². The molecule has 0 aliphatic rings. The smallest absolute Gasteiger partial charge is 0.408 e. The molecule has 0 spiro atoms. The van der Waals surface area contributed by atoms with Crippen molar-refractivity contribution < 1.29 is 38.4 Å². The average molecular weight is 455 g/mol. The van der Waals surface area contributed by atoms with Crippen LogP contribution in [0.2, 0.25) is 0 Å². The number of Topliss-reactive ketones (excluding diaryl/α,β-unsaturated/α-hetero) is 1. The second kappa shape index (κ2) is 14.5. The molecule has 2 N–H and O–H groups in total. The molecule has 0 aromatic heterocycles. The van der Waals surface area contributed by atoms with Gasteiger partial charge in [0.15, 0.2) is 5.78 Å². The Morgan fingerprint density at radius 1 is 1.09 bits per heavy atom. The van der Waals surface area contributed by atoms with Crippen molar-refractivity contribution >= 4 is 17.8 Å². The molecule has 1 aromatic carbocycles. The van der Waals surface area contributed by atoms with E-state index in [0.717, 1.165) is 5.56 Å². The maximum Gasteiger partial charge on any atom is 0.408 e. The van der Waals surface area contributed by atoms with E-state index in [4.69, 9.17) is 18.9 Å². The number of nitrogens with zero attached hydrogens (tertiary/aromatic N) is 1. The lowest BCUT2D eigenvalue weighted by Crippen LogP contribution is -2.51. The molecule has 0 bridgehead atoms. The lowest BCUT2D eigenvalue weighted by atomic mass is 10.1. The lowest BCUT2D eigenvalue weighted by molar-refractivity contribution is -0.146. The van der Waals surface area contributed by atoms with E-state index in [1.54, 1.807) is 45.0 Å². The highest BCUT2D eigenvalue weighted by atomic mass is 16.7. The minimum atomic E-state index is -1.15. The number of benzene rings is 1. The molecule has 0 saturated heterocycles. The Bertz CT molecular complexity index is 706. The van der Waals surface area contributed by atoms with E-state index in [2.05, 4.69) is 5.32 Å². The number of aliphatic hydroxyl groups excluding tert-OH is 1. The van der Waals surface area contributed by atoms with Crippen LogP contribution in [-0.4, -0.2) is 86.3 Å². The van der Waals surface area contributed by atoms with Crippen LogP contribution in [-0.2, 0) is 35.1 Å². The zero-order valence-electron chi connectivity index (χ0n) is 19.2. The van der Waals surface area contributed by atoms with E-state index in [1.807, 2.05) is 6.07 Å². The van der Waals surface area contributed by atoms with Crippen LogP contribution in [0.1, 0.15) is 26.3 Å². The van der Waals surface area contributed by atoms with Crippen molar-refractivity contribution in [2.24, 2.45) is 0 Å². The second-order valence-corrected chi connectivity index (χ2v) is 7.89. The number of hydrogen-bond donors (Lipinski definition) is 2. The number of carbonyl (C=O) groups excluding carboxylic acids is 3. The summed E-state index contributed by atoms with van der Waals surface area (Å²) in [4.78, 5) is 38.7. The Morgan fingerprint density at radius 2 is 1.78 bits per heavy atom.